The molecule has 0 aromatic heterocycles. The number of aryl methyl sites for hydroxylation is 2. The number of ether oxygens (including phenoxy) is 1. The van der Waals surface area contributed by atoms with Gasteiger partial charge in [-0.25, -0.2) is 8.42 Å². The van der Waals surface area contributed by atoms with Gasteiger partial charge in [-0.3, -0.25) is 13.9 Å². The van der Waals surface area contributed by atoms with E-state index in [1.807, 2.05) is 38.1 Å². The lowest BCUT2D eigenvalue weighted by Crippen LogP contribution is -2.52. The van der Waals surface area contributed by atoms with E-state index >= 15 is 0 Å². The molecule has 218 valence electrons. The molecule has 1 atom stereocenters. The Morgan fingerprint density at radius 2 is 1.66 bits per heavy atom. The van der Waals surface area contributed by atoms with Gasteiger partial charge in [-0.2, -0.15) is 0 Å². The van der Waals surface area contributed by atoms with Crippen molar-refractivity contribution in [1.82, 2.24) is 10.2 Å². The zero-order valence-electron chi connectivity index (χ0n) is 24.2. The molecule has 9 heteroatoms. The van der Waals surface area contributed by atoms with Gasteiger partial charge in [0.25, 0.3) is 10.0 Å². The Morgan fingerprint density at radius 3 is 2.32 bits per heavy atom. The van der Waals surface area contributed by atoms with E-state index < -0.39 is 28.5 Å². The van der Waals surface area contributed by atoms with Gasteiger partial charge in [0.1, 0.15) is 18.3 Å². The lowest BCUT2D eigenvalue weighted by atomic mass is 10.1. The minimum absolute atomic E-state index is 0.0809. The Morgan fingerprint density at radius 1 is 0.951 bits per heavy atom. The highest BCUT2D eigenvalue weighted by atomic mass is 32.2. The smallest absolute Gasteiger partial charge is 0.264 e. The van der Waals surface area contributed by atoms with Gasteiger partial charge in [0.05, 0.1) is 17.7 Å². The summed E-state index contributed by atoms with van der Waals surface area (Å²) in [7, 11) is -2.53. The molecule has 0 saturated heterocycles. The number of sulfonamides is 1. The maximum Gasteiger partial charge on any atom is 0.264 e. The molecule has 8 nitrogen and oxygen atoms in total. The fourth-order valence-electron chi connectivity index (χ4n) is 5.07. The van der Waals surface area contributed by atoms with Crippen LogP contribution in [0.4, 0.5) is 5.69 Å². The van der Waals surface area contributed by atoms with E-state index in [0.29, 0.717) is 11.4 Å². The van der Waals surface area contributed by atoms with Crippen LogP contribution in [0.3, 0.4) is 0 Å². The number of anilines is 1. The number of nitrogens with zero attached hydrogens (tertiary/aromatic N) is 2. The van der Waals surface area contributed by atoms with Gasteiger partial charge in [0.15, 0.2) is 0 Å². The Balaban J connectivity index is 1.70. The van der Waals surface area contributed by atoms with Crippen LogP contribution in [-0.4, -0.2) is 50.9 Å². The molecule has 1 aliphatic carbocycles. The van der Waals surface area contributed by atoms with Crippen LogP contribution in [0.5, 0.6) is 5.75 Å². The molecule has 1 aliphatic rings. The third-order valence-electron chi connectivity index (χ3n) is 7.74. The van der Waals surface area contributed by atoms with Crippen LogP contribution in [0, 0.1) is 13.8 Å². The predicted octanol–water partition coefficient (Wildman–Crippen LogP) is 4.98. The van der Waals surface area contributed by atoms with Gasteiger partial charge in [-0.15, -0.1) is 0 Å². The molecule has 0 unspecified atom stereocenters. The van der Waals surface area contributed by atoms with Crippen molar-refractivity contribution in [2.75, 3.05) is 18.0 Å². The van der Waals surface area contributed by atoms with Crippen molar-refractivity contribution < 1.29 is 22.7 Å². The fraction of sp³-hybridized carbons (Fsp3) is 0.375. The average Bonchev–Trinajstić information content (AvgIpc) is 3.49. The van der Waals surface area contributed by atoms with Crippen molar-refractivity contribution >= 4 is 27.5 Å². The molecule has 0 heterocycles. The number of carbonyl (C=O) groups excluding carboxylic acids is 2. The second-order valence-corrected chi connectivity index (χ2v) is 12.5. The highest BCUT2D eigenvalue weighted by molar-refractivity contribution is 7.92. The largest absolute Gasteiger partial charge is 0.497 e. The van der Waals surface area contributed by atoms with E-state index in [2.05, 4.69) is 5.32 Å². The molecular weight excluding hydrogens is 538 g/mol. The van der Waals surface area contributed by atoms with E-state index in [9.17, 15) is 18.0 Å². The molecule has 0 bridgehead atoms. The second kappa shape index (κ2) is 13.2. The maximum absolute atomic E-state index is 14.1. The molecule has 0 radical (unpaired) electrons. The number of nitrogens with one attached hydrogen (secondary N) is 1. The minimum Gasteiger partial charge on any atom is -0.497 e. The zero-order chi connectivity index (χ0) is 29.6. The molecule has 1 saturated carbocycles. The summed E-state index contributed by atoms with van der Waals surface area (Å²) in [6.07, 6.45) is 3.96. The molecule has 2 amide bonds. The lowest BCUT2D eigenvalue weighted by Gasteiger charge is -2.32. The first-order chi connectivity index (χ1) is 19.6. The SMILES string of the molecule is COc1cccc(CN(C(=O)CN(c2ccc(C)c(C)c2)S(=O)(=O)c2ccccc2)[C@@H](C)C(=O)NC2CCCC2)c1. The number of hydrogen-bond acceptors (Lipinski definition) is 5. The van der Waals surface area contributed by atoms with E-state index in [1.54, 1.807) is 50.4 Å². The van der Waals surface area contributed by atoms with Crippen LogP contribution in [0.15, 0.2) is 77.7 Å². The third kappa shape index (κ3) is 7.27. The van der Waals surface area contributed by atoms with Gasteiger partial charge in [-0.1, -0.05) is 49.2 Å². The van der Waals surface area contributed by atoms with Crippen LogP contribution >= 0.6 is 0 Å². The molecule has 3 aromatic carbocycles. The summed E-state index contributed by atoms with van der Waals surface area (Å²) >= 11 is 0. The van der Waals surface area contributed by atoms with Gasteiger partial charge in [-0.05, 0) is 86.7 Å². The van der Waals surface area contributed by atoms with Crippen LogP contribution in [0.1, 0.15) is 49.3 Å². The van der Waals surface area contributed by atoms with Crippen molar-refractivity contribution in [3.63, 3.8) is 0 Å². The molecule has 4 rings (SSSR count). The van der Waals surface area contributed by atoms with Gasteiger partial charge in [0.2, 0.25) is 11.8 Å². The summed E-state index contributed by atoms with van der Waals surface area (Å²) in [5, 5.41) is 3.09. The van der Waals surface area contributed by atoms with Crippen LogP contribution in [0.25, 0.3) is 0 Å². The monoisotopic (exact) mass is 577 g/mol. The molecule has 0 spiro atoms. The van der Waals surface area contributed by atoms with Gasteiger partial charge < -0.3 is 15.0 Å². The summed E-state index contributed by atoms with van der Waals surface area (Å²) in [6, 6.07) is 19.9. The third-order valence-corrected chi connectivity index (χ3v) is 9.53. The number of methoxy groups -OCH3 is 1. The second-order valence-electron chi connectivity index (χ2n) is 10.6. The Bertz CT molecular complexity index is 1470. The zero-order valence-corrected chi connectivity index (χ0v) is 25.0. The standard InChI is InChI=1S/C32H39N3O5S/c1-23-17-18-28(19-24(23)2)35(41(38,39)30-15-6-5-7-16-30)22-31(36)34(21-26-11-10-14-29(20-26)40-4)25(3)32(37)33-27-12-8-9-13-27/h5-7,10-11,14-20,25,27H,8-9,12-13,21-22H2,1-4H3,(H,33,37)/t25-/m0/s1. The van der Waals surface area contributed by atoms with Crippen molar-refractivity contribution in [2.45, 2.75) is 70.0 Å². The van der Waals surface area contributed by atoms with Crippen LogP contribution < -0.4 is 14.4 Å². The van der Waals surface area contributed by atoms with Crippen molar-refractivity contribution in [2.24, 2.45) is 0 Å². The highest BCUT2D eigenvalue weighted by Gasteiger charge is 2.33. The number of amides is 2. The minimum atomic E-state index is -4.10. The fourth-order valence-corrected chi connectivity index (χ4v) is 6.50. The van der Waals surface area contributed by atoms with Crippen molar-refractivity contribution in [3.05, 3.63) is 89.5 Å². The van der Waals surface area contributed by atoms with Crippen LogP contribution in [-0.2, 0) is 26.2 Å². The Kier molecular flexibility index (Phi) is 9.70. The molecule has 0 aliphatic heterocycles. The van der Waals surface area contributed by atoms with Crippen LogP contribution in [0.2, 0.25) is 0 Å². The maximum atomic E-state index is 14.1. The quantitative estimate of drug-likeness (QED) is 0.347. The molecule has 1 fully saturated rings. The Labute approximate surface area is 243 Å². The molecule has 3 aromatic rings. The first-order valence-corrected chi connectivity index (χ1v) is 15.4. The summed E-state index contributed by atoms with van der Waals surface area (Å²) < 4.78 is 34.3. The van der Waals surface area contributed by atoms with Gasteiger partial charge >= 0.3 is 0 Å². The lowest BCUT2D eigenvalue weighted by molar-refractivity contribution is -0.139. The van der Waals surface area contributed by atoms with E-state index in [-0.39, 0.29) is 23.4 Å². The first-order valence-electron chi connectivity index (χ1n) is 14.0. The summed E-state index contributed by atoms with van der Waals surface area (Å²) in [5.41, 5.74) is 3.06. The molecule has 41 heavy (non-hydrogen) atoms. The highest BCUT2D eigenvalue weighted by Crippen LogP contribution is 2.27. The summed E-state index contributed by atoms with van der Waals surface area (Å²) in [4.78, 5) is 29.0. The van der Waals surface area contributed by atoms with Crippen molar-refractivity contribution in [3.8, 4) is 5.75 Å². The predicted molar refractivity (Wildman–Crippen MR) is 160 cm³/mol. The van der Waals surface area contributed by atoms with Gasteiger partial charge in [0, 0.05) is 12.6 Å². The average molecular weight is 578 g/mol. The Hall–Kier alpha value is -3.85. The van der Waals surface area contributed by atoms with E-state index in [1.165, 1.54) is 17.0 Å². The van der Waals surface area contributed by atoms with E-state index in [4.69, 9.17) is 4.74 Å². The van der Waals surface area contributed by atoms with E-state index in [0.717, 1.165) is 46.7 Å². The molecule has 1 N–H and O–H groups in total. The number of benzene rings is 3. The normalized spacial score (nSPS) is 14.3. The summed E-state index contributed by atoms with van der Waals surface area (Å²) in [6.45, 7) is 5.18. The number of hydrogen-bond donors (Lipinski definition) is 1. The number of rotatable bonds is 11. The first kappa shape index (κ1) is 30.1. The number of carbonyl (C=O) groups is 2. The summed E-state index contributed by atoms with van der Waals surface area (Å²) in [5.74, 6) is -0.113. The molecular formula is C32H39N3O5S. The topological polar surface area (TPSA) is 96.0 Å². The van der Waals surface area contributed by atoms with Crippen molar-refractivity contribution in [1.29, 1.82) is 0 Å².